The average Bonchev–Trinajstić information content (AvgIpc) is 2.61. The lowest BCUT2D eigenvalue weighted by Crippen LogP contribution is -2.64. The molecule has 0 unspecified atom stereocenters. The zero-order chi connectivity index (χ0) is 18.2. The molecule has 3 rings (SSSR count). The number of ether oxygens (including phenoxy) is 1. The monoisotopic (exact) mass is 349 g/mol. The summed E-state index contributed by atoms with van der Waals surface area (Å²) in [6, 6.07) is 2.05. The third-order valence-corrected chi connectivity index (χ3v) is 6.46. The minimum atomic E-state index is -0.260. The van der Waals surface area contributed by atoms with Crippen LogP contribution in [0.3, 0.4) is 0 Å². The molecule has 2 fully saturated rings. The van der Waals surface area contributed by atoms with Crippen molar-refractivity contribution in [1.82, 2.24) is 14.0 Å². The molecule has 140 valence electrons. The van der Waals surface area contributed by atoms with Gasteiger partial charge in [0.15, 0.2) is 0 Å². The molecule has 6 heteroatoms. The first-order valence-electron chi connectivity index (χ1n) is 9.48. The average molecular weight is 349 g/mol. The van der Waals surface area contributed by atoms with Gasteiger partial charge in [0.1, 0.15) is 0 Å². The summed E-state index contributed by atoms with van der Waals surface area (Å²) in [5, 5.41) is 0. The van der Waals surface area contributed by atoms with E-state index in [1.807, 2.05) is 0 Å². The molecule has 1 aromatic heterocycles. The van der Waals surface area contributed by atoms with E-state index in [4.69, 9.17) is 4.74 Å². The molecule has 0 radical (unpaired) electrons. The SMILES string of the molecule is CCO[C@H]1C[C@@H](N(C)Cc2cc(=O)n(C)c(=O)n2C)C12CCCCC2. The van der Waals surface area contributed by atoms with E-state index < -0.39 is 0 Å². The van der Waals surface area contributed by atoms with Gasteiger partial charge < -0.3 is 4.74 Å². The second-order valence-electron chi connectivity index (χ2n) is 7.78. The molecule has 2 saturated carbocycles. The molecule has 0 N–H and O–H groups in total. The summed E-state index contributed by atoms with van der Waals surface area (Å²) in [5.41, 5.74) is 0.534. The quantitative estimate of drug-likeness (QED) is 0.811. The third-order valence-electron chi connectivity index (χ3n) is 6.46. The van der Waals surface area contributed by atoms with Crippen molar-refractivity contribution in [3.05, 3.63) is 32.6 Å². The van der Waals surface area contributed by atoms with Crippen LogP contribution in [0.25, 0.3) is 0 Å². The number of hydrogen-bond donors (Lipinski definition) is 0. The fraction of sp³-hybridized carbons (Fsp3) is 0.789. The Kier molecular flexibility index (Phi) is 5.21. The van der Waals surface area contributed by atoms with Crippen molar-refractivity contribution in [2.45, 2.75) is 64.1 Å². The van der Waals surface area contributed by atoms with Crippen LogP contribution >= 0.6 is 0 Å². The van der Waals surface area contributed by atoms with E-state index in [9.17, 15) is 9.59 Å². The van der Waals surface area contributed by atoms with E-state index in [1.54, 1.807) is 17.7 Å². The standard InChI is InChI=1S/C19H31N3O3/c1-5-25-16-12-15(19(16)9-7-6-8-10-19)20(2)13-14-11-17(23)22(4)18(24)21(14)3/h11,15-16H,5-10,12-13H2,1-4H3/t15-,16+/m1/s1. The second-order valence-corrected chi connectivity index (χ2v) is 7.78. The van der Waals surface area contributed by atoms with Crippen LogP contribution in [-0.2, 0) is 25.4 Å². The predicted octanol–water partition coefficient (Wildman–Crippen LogP) is 1.64. The minimum absolute atomic E-state index is 0.236. The Morgan fingerprint density at radius 3 is 2.52 bits per heavy atom. The molecule has 6 nitrogen and oxygen atoms in total. The van der Waals surface area contributed by atoms with E-state index in [-0.39, 0.29) is 16.7 Å². The fourth-order valence-corrected chi connectivity index (χ4v) is 4.94. The van der Waals surface area contributed by atoms with Crippen molar-refractivity contribution in [2.75, 3.05) is 13.7 Å². The molecule has 25 heavy (non-hydrogen) atoms. The topological polar surface area (TPSA) is 56.5 Å². The minimum Gasteiger partial charge on any atom is -0.378 e. The molecular formula is C19H31N3O3. The molecule has 2 aliphatic rings. The maximum atomic E-state index is 12.2. The van der Waals surface area contributed by atoms with Crippen LogP contribution in [-0.4, -0.2) is 39.8 Å². The summed E-state index contributed by atoms with van der Waals surface area (Å²) in [5.74, 6) is 0. The van der Waals surface area contributed by atoms with Crippen molar-refractivity contribution < 1.29 is 4.74 Å². The molecule has 2 aliphatic carbocycles. The summed E-state index contributed by atoms with van der Waals surface area (Å²) in [6.07, 6.45) is 7.72. The van der Waals surface area contributed by atoms with Crippen LogP contribution in [0.1, 0.15) is 51.1 Å². The second kappa shape index (κ2) is 7.08. The Labute approximate surface area is 149 Å². The van der Waals surface area contributed by atoms with E-state index in [0.717, 1.165) is 23.3 Å². The van der Waals surface area contributed by atoms with Crippen LogP contribution in [0, 0.1) is 5.41 Å². The maximum absolute atomic E-state index is 12.2. The normalized spacial score (nSPS) is 25.3. The summed E-state index contributed by atoms with van der Waals surface area (Å²) >= 11 is 0. The molecule has 0 aliphatic heterocycles. The lowest BCUT2D eigenvalue weighted by atomic mass is 9.54. The molecular weight excluding hydrogens is 318 g/mol. The van der Waals surface area contributed by atoms with Crippen molar-refractivity contribution in [2.24, 2.45) is 19.5 Å². The Bertz CT molecular complexity index is 730. The van der Waals surface area contributed by atoms with Crippen molar-refractivity contribution in [1.29, 1.82) is 0 Å². The lowest BCUT2D eigenvalue weighted by molar-refractivity contribution is -0.180. The van der Waals surface area contributed by atoms with Gasteiger partial charge in [0, 0.05) is 50.5 Å². The molecule has 0 aromatic carbocycles. The zero-order valence-electron chi connectivity index (χ0n) is 16.0. The van der Waals surface area contributed by atoms with Crippen LogP contribution in [0.5, 0.6) is 0 Å². The first-order chi connectivity index (χ1) is 11.9. The Hall–Kier alpha value is -1.40. The van der Waals surface area contributed by atoms with E-state index >= 15 is 0 Å². The van der Waals surface area contributed by atoms with Gasteiger partial charge in [0.05, 0.1) is 6.10 Å². The van der Waals surface area contributed by atoms with Gasteiger partial charge in [-0.3, -0.25) is 18.8 Å². The predicted molar refractivity (Wildman–Crippen MR) is 97.7 cm³/mol. The van der Waals surface area contributed by atoms with Gasteiger partial charge >= 0.3 is 5.69 Å². The van der Waals surface area contributed by atoms with Gasteiger partial charge in [0.25, 0.3) is 5.56 Å². The van der Waals surface area contributed by atoms with Gasteiger partial charge in [-0.1, -0.05) is 19.3 Å². The van der Waals surface area contributed by atoms with Crippen molar-refractivity contribution >= 4 is 0 Å². The molecule has 1 aromatic rings. The number of rotatable bonds is 5. The molecule has 0 bridgehead atoms. The molecule has 2 atom stereocenters. The van der Waals surface area contributed by atoms with Crippen molar-refractivity contribution in [3.8, 4) is 0 Å². The van der Waals surface area contributed by atoms with Crippen LogP contribution in [0.15, 0.2) is 15.7 Å². The van der Waals surface area contributed by atoms with E-state index in [1.165, 1.54) is 39.2 Å². The lowest BCUT2D eigenvalue weighted by Gasteiger charge is -2.60. The Balaban J connectivity index is 1.81. The summed E-state index contributed by atoms with van der Waals surface area (Å²) in [4.78, 5) is 26.5. The van der Waals surface area contributed by atoms with Crippen LogP contribution in [0.4, 0.5) is 0 Å². The highest BCUT2D eigenvalue weighted by Crippen LogP contribution is 2.55. The van der Waals surface area contributed by atoms with Gasteiger partial charge in [-0.05, 0) is 33.2 Å². The Morgan fingerprint density at radius 2 is 1.88 bits per heavy atom. The third kappa shape index (κ3) is 3.10. The molecule has 1 spiro atoms. The molecule has 1 heterocycles. The molecule has 0 saturated heterocycles. The number of aromatic nitrogens is 2. The first-order valence-corrected chi connectivity index (χ1v) is 9.48. The van der Waals surface area contributed by atoms with Gasteiger partial charge in [-0.25, -0.2) is 4.79 Å². The number of nitrogens with zero attached hydrogens (tertiary/aromatic N) is 3. The fourth-order valence-electron chi connectivity index (χ4n) is 4.94. The van der Waals surface area contributed by atoms with Gasteiger partial charge in [-0.15, -0.1) is 0 Å². The van der Waals surface area contributed by atoms with Crippen LogP contribution < -0.4 is 11.2 Å². The summed E-state index contributed by atoms with van der Waals surface area (Å²) < 4.78 is 8.79. The van der Waals surface area contributed by atoms with Gasteiger partial charge in [-0.2, -0.15) is 0 Å². The number of hydrogen-bond acceptors (Lipinski definition) is 4. The zero-order valence-corrected chi connectivity index (χ0v) is 16.0. The molecule has 0 amide bonds. The largest absolute Gasteiger partial charge is 0.378 e. The highest BCUT2D eigenvalue weighted by Gasteiger charge is 2.56. The highest BCUT2D eigenvalue weighted by molar-refractivity contribution is 5.11. The summed E-state index contributed by atoms with van der Waals surface area (Å²) in [7, 11) is 5.38. The van der Waals surface area contributed by atoms with E-state index in [0.29, 0.717) is 18.7 Å². The van der Waals surface area contributed by atoms with Crippen LogP contribution in [0.2, 0.25) is 0 Å². The van der Waals surface area contributed by atoms with Crippen molar-refractivity contribution in [3.63, 3.8) is 0 Å². The first kappa shape index (κ1) is 18.4. The maximum Gasteiger partial charge on any atom is 0.330 e. The van der Waals surface area contributed by atoms with E-state index in [2.05, 4.69) is 18.9 Å². The highest BCUT2D eigenvalue weighted by atomic mass is 16.5. The summed E-state index contributed by atoms with van der Waals surface area (Å²) in [6.45, 7) is 3.46. The Morgan fingerprint density at radius 1 is 1.20 bits per heavy atom. The van der Waals surface area contributed by atoms with Gasteiger partial charge in [0.2, 0.25) is 0 Å². The smallest absolute Gasteiger partial charge is 0.330 e.